The van der Waals surface area contributed by atoms with Gasteiger partial charge in [0.05, 0.1) is 18.3 Å². The molecule has 19 unspecified atom stereocenters. The Bertz CT molecular complexity index is 2010. The number of carbonyl (C=O) groups is 8. The van der Waals surface area contributed by atoms with Crippen LogP contribution in [0.15, 0.2) is 0 Å². The monoisotopic (exact) mass is 3350 g/mol. The molecule has 19 atom stereocenters. The first-order valence-electron chi connectivity index (χ1n) is 43.8. The number of ketones is 6. The Labute approximate surface area is 867 Å². The Balaban J connectivity index is -0.0000000690. The van der Waals surface area contributed by atoms with Crippen LogP contribution in [0.25, 0.3) is 0 Å². The van der Waals surface area contributed by atoms with E-state index >= 15 is 0 Å². The number of aliphatic hydroxyl groups is 5. The van der Waals surface area contributed by atoms with E-state index in [1.54, 1.807) is 6.92 Å². The van der Waals surface area contributed by atoms with Crippen molar-refractivity contribution in [1.82, 2.24) is 0 Å². The van der Waals surface area contributed by atoms with Gasteiger partial charge in [-0.05, 0) is 140 Å². The molecule has 0 saturated heterocycles. The van der Waals surface area contributed by atoms with Crippen LogP contribution in [0.2, 0.25) is 0 Å². The number of hydrogen-bond acceptors (Lipinski definition) is 13. The fourth-order valence-electron chi connectivity index (χ4n) is 13.5. The van der Waals surface area contributed by atoms with Crippen LogP contribution in [0.3, 0.4) is 0 Å². The van der Waals surface area contributed by atoms with Gasteiger partial charge in [0.25, 0.3) is 0 Å². The average molecular weight is 3350 g/mol. The maximum absolute atomic E-state index is 12.0. The summed E-state index contributed by atoms with van der Waals surface area (Å²) in [5, 5.41) is 44.7. The van der Waals surface area contributed by atoms with Crippen LogP contribution >= 0.6 is 0 Å². The third kappa shape index (κ3) is 85.3. The summed E-state index contributed by atoms with van der Waals surface area (Å²) in [6, 6.07) is 0. The van der Waals surface area contributed by atoms with Crippen molar-refractivity contribution >= 4 is 47.3 Å². The second kappa shape index (κ2) is 107. The minimum atomic E-state index is -0.304. The quantitative estimate of drug-likeness (QED) is 0.0564. The molecule has 7 aliphatic rings. The Morgan fingerprint density at radius 2 is 0.556 bits per heavy atom. The summed E-state index contributed by atoms with van der Waals surface area (Å²) in [5.74, 6) is 6.25. The SMILES string of the molecule is CCC.CCC(C)CC.CCC(C)CC(O)CC.CCC(C)CC(O)CC.CCC(O)CC.CCC=O.CCC=O.CCO.[CH2-]C1CCCC(C)C1=O.[CH2-]C1CCCC(CC)C1=O.[CH2-]C1CCCC(CC)C1=O.[CH2-]C1CCCC(CC2CCCC([CH2-])C2=O)C1=O.[CH2-]C1CCCC(CC2CCCC([CH2-])C2O)C1=O.[W].[W].[W].[W].[W].[W].[W].[W].[W].[W]. The molecule has 7 fully saturated rings. The van der Waals surface area contributed by atoms with Gasteiger partial charge in [-0.15, -0.1) is 41.4 Å². The van der Waals surface area contributed by atoms with Crippen molar-refractivity contribution in [3.63, 3.8) is 0 Å². The molecule has 0 aliphatic heterocycles. The molecule has 0 radical (unpaired) electrons. The number of aldehydes is 2. The molecule has 23 heteroatoms. The van der Waals surface area contributed by atoms with E-state index in [1.165, 1.54) is 51.4 Å². The molecule has 5 N–H and O–H groups in total. The van der Waals surface area contributed by atoms with Crippen LogP contribution in [0.5, 0.6) is 0 Å². The van der Waals surface area contributed by atoms with Crippen molar-refractivity contribution in [3.05, 3.63) is 48.5 Å². The molecule has 698 valence electrons. The van der Waals surface area contributed by atoms with Gasteiger partial charge in [-0.1, -0.05) is 247 Å². The zero-order chi connectivity index (χ0) is 83.6. The van der Waals surface area contributed by atoms with Crippen molar-refractivity contribution in [1.29, 1.82) is 0 Å². The van der Waals surface area contributed by atoms with Crippen LogP contribution in [-0.4, -0.2) is 104 Å². The molecule has 0 bridgehead atoms. The van der Waals surface area contributed by atoms with Crippen molar-refractivity contribution in [2.45, 2.75) is 400 Å². The van der Waals surface area contributed by atoms with Gasteiger partial charge in [-0.3, -0.25) is 0 Å². The second-order valence-corrected chi connectivity index (χ2v) is 32.0. The number of rotatable bonds is 20. The van der Waals surface area contributed by atoms with E-state index in [9.17, 15) is 43.5 Å². The summed E-state index contributed by atoms with van der Waals surface area (Å²) in [6.45, 7) is 66.6. The smallest absolute Gasteiger partial charge is 0.119 e. The molecule has 13 nitrogen and oxygen atoms in total. The van der Waals surface area contributed by atoms with E-state index in [2.05, 4.69) is 125 Å². The molecular weight excluding hydrogens is 3180 g/mol. The summed E-state index contributed by atoms with van der Waals surface area (Å²) in [4.78, 5) is 88.0. The summed E-state index contributed by atoms with van der Waals surface area (Å²) < 4.78 is 0. The third-order valence-corrected chi connectivity index (χ3v) is 22.2. The largest absolute Gasteiger partial charge is 0.397 e. The summed E-state index contributed by atoms with van der Waals surface area (Å²) in [7, 11) is 0. The van der Waals surface area contributed by atoms with Crippen molar-refractivity contribution in [2.75, 3.05) is 6.61 Å². The molecule has 7 aliphatic carbocycles. The van der Waals surface area contributed by atoms with E-state index in [4.69, 9.17) is 20.4 Å². The average Bonchev–Trinajstić information content (AvgIpc) is 0.839. The molecule has 0 spiro atoms. The molecule has 0 aromatic heterocycles. The molecule has 7 rings (SSSR count). The van der Waals surface area contributed by atoms with Gasteiger partial charge in [0.15, 0.2) is 0 Å². The maximum Gasteiger partial charge on any atom is 0.119 e. The third-order valence-electron chi connectivity index (χ3n) is 22.2. The van der Waals surface area contributed by atoms with Gasteiger partial charge in [0.1, 0.15) is 47.3 Å². The predicted molar refractivity (Wildman–Crippen MR) is 453 cm³/mol. The number of carbonyl (C=O) groups excluding carboxylic acids is 8. The topological polar surface area (TPSA) is 238 Å². The van der Waals surface area contributed by atoms with E-state index in [0.717, 1.165) is 198 Å². The number of Topliss-reactive ketones (excluding diaryl/α,β-unsaturated/α-hetero) is 6. The maximum atomic E-state index is 12.0. The van der Waals surface area contributed by atoms with Gasteiger partial charge >= 0.3 is 0 Å². The van der Waals surface area contributed by atoms with E-state index in [-0.39, 0.29) is 324 Å². The first-order chi connectivity index (χ1) is 50.6. The molecule has 0 aromatic rings. The van der Waals surface area contributed by atoms with E-state index in [0.29, 0.717) is 59.6 Å². The molecule has 0 aromatic carbocycles. The fraction of sp³-hybridized carbons (Fsp3) is 0.840. The van der Waals surface area contributed by atoms with Gasteiger partial charge < -0.3 is 112 Å². The first kappa shape index (κ1) is 158. The number of aliphatic hydroxyl groups excluding tert-OH is 5. The summed E-state index contributed by atoms with van der Waals surface area (Å²) in [5.41, 5.74) is 0. The standard InChI is InChI=1S/C15H24O2.C15H22O2.2C9H15O.C8H13O.2C8H18O.C6H14.C5H12O.2C3H6O.C3H8.C2H6O.10W/c2*1-10-5-3-7-12(14(10)16)9-13-8-4-6-11(2)15(13)17;2*1-3-8-6-4-5-7(2)9(8)10;1-6-4-3-5-7(2)8(6)9;2*1-4-7(3)6-8(9)5-2;1-4-6(3)5-2;1-3-5(6)4-2;2*1-2-3-4;1-3-2;1-2-3;;;;;;;;;;/h10-14,16H,1-9H2;10-13H,1-9H2;2*7-8H,2-6H2,1H3;6-7H,1,3-5H2,2H3;2*7-9H,4-6H2,1-3H3;6H,4-5H2,1-3H3;5-6H,3-4H2,1-2H3;2*3H,2H2,1H3;3H2,1-2H3;3H,2H2,1H3;;;;;;;;;;/q2*-2;3*-1;;;;;;;;;;;;;;;;;;. The zero-order valence-corrected chi connectivity index (χ0v) is 107. The summed E-state index contributed by atoms with van der Waals surface area (Å²) in [6.07, 6.45) is 40.0. The van der Waals surface area contributed by atoms with Crippen LogP contribution in [-0.2, 0) is 249 Å². The molecular formula is C94H177O13W10-7. The fourth-order valence-corrected chi connectivity index (χ4v) is 13.5. The van der Waals surface area contributed by atoms with Crippen LogP contribution in [0.4, 0.5) is 0 Å². The normalized spacial score (nSPS) is 25.2. The van der Waals surface area contributed by atoms with Gasteiger partial charge in [0, 0.05) is 272 Å². The van der Waals surface area contributed by atoms with Crippen LogP contribution in [0.1, 0.15) is 376 Å². The molecule has 117 heavy (non-hydrogen) atoms. The minimum Gasteiger partial charge on any atom is -0.397 e. The molecule has 0 amide bonds. The van der Waals surface area contributed by atoms with E-state index in [1.807, 2.05) is 48.5 Å². The minimum absolute atomic E-state index is 0. The van der Waals surface area contributed by atoms with Gasteiger partial charge in [0.2, 0.25) is 0 Å². The predicted octanol–water partition coefficient (Wildman–Crippen LogP) is 22.7. The Kier molecular flexibility index (Phi) is 145. The Morgan fingerprint density at radius 1 is 0.333 bits per heavy atom. The Hall–Kier alpha value is 4.04. The first-order valence-corrected chi connectivity index (χ1v) is 43.8. The number of hydrogen-bond donors (Lipinski definition) is 5. The van der Waals surface area contributed by atoms with E-state index < -0.39 is 0 Å². The summed E-state index contributed by atoms with van der Waals surface area (Å²) >= 11 is 0. The zero-order valence-electron chi connectivity index (χ0n) is 77.4. The second-order valence-electron chi connectivity index (χ2n) is 32.0. The Morgan fingerprint density at radius 3 is 0.752 bits per heavy atom. The molecule has 0 heterocycles. The molecule has 7 saturated carbocycles. The van der Waals surface area contributed by atoms with Crippen LogP contribution < -0.4 is 0 Å². The van der Waals surface area contributed by atoms with Gasteiger partial charge in [-0.2, -0.15) is 0 Å². The van der Waals surface area contributed by atoms with Crippen molar-refractivity contribution < 1.29 is 275 Å². The van der Waals surface area contributed by atoms with Crippen molar-refractivity contribution in [2.24, 2.45) is 101 Å². The van der Waals surface area contributed by atoms with Crippen molar-refractivity contribution in [3.8, 4) is 0 Å². The van der Waals surface area contributed by atoms with Crippen LogP contribution in [0, 0.1) is 149 Å². The van der Waals surface area contributed by atoms with Gasteiger partial charge in [-0.25, -0.2) is 0 Å².